The molecule has 0 aliphatic heterocycles. The Morgan fingerprint density at radius 3 is 2.64 bits per heavy atom. The first-order chi connectivity index (χ1) is 10.5. The largest absolute Gasteiger partial charge is 0.411 e. The highest BCUT2D eigenvalue weighted by molar-refractivity contribution is 5.91. The molecule has 0 aromatic carbocycles. The van der Waals surface area contributed by atoms with Crippen LogP contribution in [0.3, 0.4) is 0 Å². The average molecular weight is 303 g/mol. The molecule has 3 nitrogen and oxygen atoms in total. The maximum Gasteiger partial charge on any atom is 0.139 e. The third-order valence-electron chi connectivity index (χ3n) is 8.32. The highest BCUT2D eigenvalue weighted by Gasteiger charge is 2.61. The second-order valence-electron chi connectivity index (χ2n) is 8.79. The summed E-state index contributed by atoms with van der Waals surface area (Å²) in [5, 5.41) is 13.4. The Bertz CT molecular complexity index is 528. The zero-order chi connectivity index (χ0) is 15.5. The Balaban J connectivity index is 1.72. The van der Waals surface area contributed by atoms with E-state index < -0.39 is 0 Å². The van der Waals surface area contributed by atoms with Gasteiger partial charge in [0.15, 0.2) is 0 Å². The van der Waals surface area contributed by atoms with E-state index in [1.807, 2.05) is 0 Å². The molecule has 0 spiro atoms. The fourth-order valence-electron chi connectivity index (χ4n) is 7.04. The lowest BCUT2D eigenvalue weighted by Gasteiger charge is -2.59. The minimum atomic E-state index is -0.0461. The number of Topliss-reactive ketones (excluding diaryl/α,β-unsaturated/α-hetero) is 1. The van der Waals surface area contributed by atoms with E-state index in [-0.39, 0.29) is 10.8 Å². The van der Waals surface area contributed by atoms with Crippen LogP contribution in [0.25, 0.3) is 0 Å². The van der Waals surface area contributed by atoms with Crippen LogP contribution in [0, 0.1) is 34.5 Å². The summed E-state index contributed by atoms with van der Waals surface area (Å²) >= 11 is 0. The second-order valence-corrected chi connectivity index (χ2v) is 8.79. The molecule has 4 rings (SSSR count). The quantitative estimate of drug-likeness (QED) is 0.531. The van der Waals surface area contributed by atoms with Gasteiger partial charge in [-0.1, -0.05) is 19.0 Å². The van der Waals surface area contributed by atoms with Crippen molar-refractivity contribution in [3.05, 3.63) is 0 Å². The molecule has 0 aromatic heterocycles. The van der Waals surface area contributed by atoms with Crippen molar-refractivity contribution in [3.8, 4) is 0 Å². The number of hydrogen-bond donors (Lipinski definition) is 1. The molecule has 0 bridgehead atoms. The van der Waals surface area contributed by atoms with E-state index in [9.17, 15) is 10.0 Å². The van der Waals surface area contributed by atoms with Gasteiger partial charge in [-0.2, -0.15) is 0 Å². The van der Waals surface area contributed by atoms with E-state index in [1.54, 1.807) is 0 Å². The molecule has 0 amide bonds. The van der Waals surface area contributed by atoms with Crippen molar-refractivity contribution >= 4 is 11.5 Å². The number of hydrogen-bond acceptors (Lipinski definition) is 3. The Hall–Kier alpha value is -0.860. The Morgan fingerprint density at radius 1 is 1.05 bits per heavy atom. The molecule has 3 heteroatoms. The van der Waals surface area contributed by atoms with Gasteiger partial charge < -0.3 is 5.21 Å². The predicted octanol–water partition coefficient (Wildman–Crippen LogP) is 4.43. The number of carbonyl (C=O) groups excluding carboxylic acids is 1. The minimum absolute atomic E-state index is 0.0461. The van der Waals surface area contributed by atoms with Gasteiger partial charge in [-0.05, 0) is 75.0 Å². The molecule has 1 N–H and O–H groups in total. The Morgan fingerprint density at radius 2 is 1.86 bits per heavy atom. The lowest BCUT2D eigenvalue weighted by Crippen LogP contribution is -2.56. The maximum atomic E-state index is 12.4. The van der Waals surface area contributed by atoms with Crippen LogP contribution in [0.15, 0.2) is 5.16 Å². The van der Waals surface area contributed by atoms with Crippen LogP contribution in [0.4, 0.5) is 0 Å². The summed E-state index contributed by atoms with van der Waals surface area (Å²) < 4.78 is 0. The number of rotatable bonds is 0. The number of fused-ring (bicyclic) bond motifs is 5. The molecule has 0 aromatic rings. The first-order valence-corrected chi connectivity index (χ1v) is 9.26. The topological polar surface area (TPSA) is 49.7 Å². The molecule has 0 saturated heterocycles. The predicted molar refractivity (Wildman–Crippen MR) is 86.0 cm³/mol. The molecule has 6 atom stereocenters. The smallest absolute Gasteiger partial charge is 0.139 e. The second kappa shape index (κ2) is 4.82. The Labute approximate surface area is 133 Å². The van der Waals surface area contributed by atoms with Gasteiger partial charge in [0.1, 0.15) is 5.78 Å². The minimum Gasteiger partial charge on any atom is -0.411 e. The van der Waals surface area contributed by atoms with Gasteiger partial charge in [-0.15, -0.1) is 0 Å². The molecule has 4 fully saturated rings. The van der Waals surface area contributed by atoms with Gasteiger partial charge in [0.25, 0.3) is 0 Å². The SMILES string of the molecule is C[C@]12/C(=N/O)CCCC1CC[C@@H]1[C@@H]2CC[C@]2(C)C(=O)CC[C@@H]12. The summed E-state index contributed by atoms with van der Waals surface area (Å²) in [7, 11) is 0. The fourth-order valence-corrected chi connectivity index (χ4v) is 7.04. The summed E-state index contributed by atoms with van der Waals surface area (Å²) in [5.74, 6) is 3.08. The molecule has 0 radical (unpaired) electrons. The van der Waals surface area contributed by atoms with Crippen molar-refractivity contribution in [1.82, 2.24) is 0 Å². The van der Waals surface area contributed by atoms with Gasteiger partial charge in [-0.3, -0.25) is 4.79 Å². The van der Waals surface area contributed by atoms with Crippen LogP contribution < -0.4 is 0 Å². The Kier molecular flexibility index (Phi) is 3.22. The van der Waals surface area contributed by atoms with Gasteiger partial charge in [0.05, 0.1) is 5.71 Å². The van der Waals surface area contributed by atoms with Crippen molar-refractivity contribution < 1.29 is 10.0 Å². The third kappa shape index (κ3) is 1.68. The van der Waals surface area contributed by atoms with Gasteiger partial charge in [0, 0.05) is 17.3 Å². The molecule has 4 aliphatic rings. The molecule has 22 heavy (non-hydrogen) atoms. The van der Waals surface area contributed by atoms with Crippen LogP contribution in [0.5, 0.6) is 0 Å². The fraction of sp³-hybridized carbons (Fsp3) is 0.895. The lowest BCUT2D eigenvalue weighted by atomic mass is 9.45. The first kappa shape index (κ1) is 14.7. The van der Waals surface area contributed by atoms with Crippen LogP contribution in [-0.4, -0.2) is 16.7 Å². The summed E-state index contributed by atoms with van der Waals surface area (Å²) in [6.45, 7) is 4.61. The van der Waals surface area contributed by atoms with Crippen molar-refractivity contribution in [2.24, 2.45) is 39.7 Å². The number of ketones is 1. The zero-order valence-corrected chi connectivity index (χ0v) is 14.0. The summed E-state index contributed by atoms with van der Waals surface area (Å²) in [6, 6.07) is 0. The van der Waals surface area contributed by atoms with Crippen LogP contribution in [0.1, 0.15) is 71.6 Å². The van der Waals surface area contributed by atoms with E-state index in [1.165, 1.54) is 25.7 Å². The molecule has 4 aliphatic carbocycles. The van der Waals surface area contributed by atoms with Crippen molar-refractivity contribution in [2.75, 3.05) is 0 Å². The van der Waals surface area contributed by atoms with Crippen LogP contribution >= 0.6 is 0 Å². The highest BCUT2D eigenvalue weighted by Crippen LogP contribution is 2.64. The number of carbonyl (C=O) groups is 1. The van der Waals surface area contributed by atoms with Crippen LogP contribution in [-0.2, 0) is 4.79 Å². The van der Waals surface area contributed by atoms with E-state index in [4.69, 9.17) is 0 Å². The van der Waals surface area contributed by atoms with E-state index in [0.29, 0.717) is 29.5 Å². The maximum absolute atomic E-state index is 12.4. The molecule has 4 saturated carbocycles. The lowest BCUT2D eigenvalue weighted by molar-refractivity contribution is -0.133. The molecule has 122 valence electrons. The third-order valence-corrected chi connectivity index (χ3v) is 8.32. The summed E-state index contributed by atoms with van der Waals surface area (Å²) in [4.78, 5) is 12.4. The van der Waals surface area contributed by atoms with E-state index in [0.717, 1.165) is 37.8 Å². The van der Waals surface area contributed by atoms with E-state index in [2.05, 4.69) is 19.0 Å². The molecule has 1 unspecified atom stereocenters. The average Bonchev–Trinajstić information content (AvgIpc) is 2.82. The van der Waals surface area contributed by atoms with Gasteiger partial charge in [-0.25, -0.2) is 0 Å². The molecular weight excluding hydrogens is 274 g/mol. The summed E-state index contributed by atoms with van der Waals surface area (Å²) in [6.07, 6.45) is 10.1. The zero-order valence-electron chi connectivity index (χ0n) is 14.0. The first-order valence-electron chi connectivity index (χ1n) is 9.26. The van der Waals surface area contributed by atoms with Gasteiger partial charge in [0.2, 0.25) is 0 Å². The monoisotopic (exact) mass is 303 g/mol. The van der Waals surface area contributed by atoms with Crippen molar-refractivity contribution in [2.45, 2.75) is 71.6 Å². The highest BCUT2D eigenvalue weighted by atomic mass is 16.4. The van der Waals surface area contributed by atoms with E-state index >= 15 is 0 Å². The van der Waals surface area contributed by atoms with Crippen LogP contribution in [0.2, 0.25) is 0 Å². The standard InChI is InChI=1S/C19H29NO2/c1-18-11-10-15-13(14(18)8-9-17(18)21)7-6-12-4-3-5-16(20-22)19(12,15)2/h12-15,22H,3-11H2,1-2H3/b20-16+/t12?,13-,14-,15-,18-,19-/m0/s1. The number of oxime groups is 1. The number of nitrogens with zero attached hydrogens (tertiary/aromatic N) is 1. The molecular formula is C19H29NO2. The summed E-state index contributed by atoms with van der Waals surface area (Å²) in [5.41, 5.74) is 1.10. The van der Waals surface area contributed by atoms with Crippen molar-refractivity contribution in [3.63, 3.8) is 0 Å². The van der Waals surface area contributed by atoms with Crippen molar-refractivity contribution in [1.29, 1.82) is 0 Å². The van der Waals surface area contributed by atoms with Gasteiger partial charge >= 0.3 is 0 Å². The molecule has 0 heterocycles. The normalized spacial score (nSPS) is 53.0.